The van der Waals surface area contributed by atoms with E-state index in [9.17, 15) is 35.9 Å². The average molecular weight is 503 g/mol. The van der Waals surface area contributed by atoms with Gasteiger partial charge in [-0.3, -0.25) is 9.78 Å². The lowest BCUT2D eigenvalue weighted by atomic mass is 10.0. The third kappa shape index (κ3) is 3.57. The lowest BCUT2D eigenvalue weighted by Crippen LogP contribution is -2.20. The number of hydrogen-bond acceptors (Lipinski definition) is 5. The molecule has 5 rings (SSSR count). The molecule has 0 atom stereocenters. The van der Waals surface area contributed by atoms with Gasteiger partial charge in [0.05, 0.1) is 28.5 Å². The van der Waals surface area contributed by atoms with Crippen molar-refractivity contribution in [3.05, 3.63) is 87.9 Å². The summed E-state index contributed by atoms with van der Waals surface area (Å²) in [7, 11) is 0. The quantitative estimate of drug-likeness (QED) is 0.325. The van der Waals surface area contributed by atoms with Gasteiger partial charge in [0, 0.05) is 35.8 Å². The smallest absolute Gasteiger partial charge is 0.352 e. The molecule has 1 aliphatic rings. The van der Waals surface area contributed by atoms with Gasteiger partial charge in [0.15, 0.2) is 22.8 Å². The second-order valence-electron chi connectivity index (χ2n) is 7.58. The van der Waals surface area contributed by atoms with E-state index in [0.29, 0.717) is 4.68 Å². The molecular formula is C23H11F6N5O2. The molecule has 0 saturated carbocycles. The van der Waals surface area contributed by atoms with Gasteiger partial charge in [-0.05, 0) is 18.2 Å². The molecule has 0 spiro atoms. The van der Waals surface area contributed by atoms with Gasteiger partial charge >= 0.3 is 12.4 Å². The number of fused-ring (bicyclic) bond motifs is 2. The summed E-state index contributed by atoms with van der Waals surface area (Å²) in [5, 5.41) is 5.66. The van der Waals surface area contributed by atoms with Crippen LogP contribution < -0.4 is 10.7 Å². The van der Waals surface area contributed by atoms with E-state index in [1.807, 2.05) is 0 Å². The molecule has 3 aromatic heterocycles. The number of carbonyl (C=O) groups excluding carboxylic acids is 1. The molecule has 0 amide bonds. The molecule has 13 heteroatoms. The molecule has 7 nitrogen and oxygen atoms in total. The van der Waals surface area contributed by atoms with Crippen LogP contribution in [0.3, 0.4) is 0 Å². The highest BCUT2D eigenvalue weighted by atomic mass is 19.4. The number of benzene rings is 1. The SMILES string of the molecule is O=C=C1NC=Cc2c1cccc2-n1ncc(-n2ccc(=O)c3c(C(F)(F)F)nccc32)c1C(F)(F)F. The highest BCUT2D eigenvalue weighted by Gasteiger charge is 2.41. The Balaban J connectivity index is 1.83. The molecule has 36 heavy (non-hydrogen) atoms. The minimum atomic E-state index is -5.02. The Labute approximate surface area is 196 Å². The summed E-state index contributed by atoms with van der Waals surface area (Å²) < 4.78 is 85.1. The van der Waals surface area contributed by atoms with E-state index in [0.717, 1.165) is 35.3 Å². The first kappa shape index (κ1) is 23.1. The molecule has 1 aromatic carbocycles. The van der Waals surface area contributed by atoms with Gasteiger partial charge in [-0.15, -0.1) is 0 Å². The zero-order valence-electron chi connectivity index (χ0n) is 17.6. The van der Waals surface area contributed by atoms with Crippen molar-refractivity contribution >= 4 is 28.6 Å². The molecule has 0 unspecified atom stereocenters. The van der Waals surface area contributed by atoms with Crippen molar-refractivity contribution in [3.8, 4) is 11.4 Å². The second kappa shape index (κ2) is 7.95. The Morgan fingerprint density at radius 3 is 2.44 bits per heavy atom. The van der Waals surface area contributed by atoms with Gasteiger partial charge in [0.2, 0.25) is 0 Å². The monoisotopic (exact) mass is 503 g/mol. The Hall–Kier alpha value is -4.64. The molecule has 1 N–H and O–H groups in total. The first-order valence-corrected chi connectivity index (χ1v) is 10.1. The number of aromatic nitrogens is 4. The van der Waals surface area contributed by atoms with Crippen molar-refractivity contribution < 1.29 is 31.1 Å². The molecule has 4 aromatic rings. The zero-order valence-corrected chi connectivity index (χ0v) is 17.6. The third-order valence-corrected chi connectivity index (χ3v) is 5.52. The standard InChI is InChI=1S/C23H11F6N5O2/c24-22(25,26)20-19-16(5-8-31-20)33(9-6-18(19)36)17-10-32-34(21(17)23(27,28)29)15-3-1-2-12-13(15)4-7-30-14(12)11-35/h1-10,30H. The van der Waals surface area contributed by atoms with Gasteiger partial charge in [-0.2, -0.15) is 31.4 Å². The van der Waals surface area contributed by atoms with Crippen molar-refractivity contribution in [1.82, 2.24) is 24.6 Å². The normalized spacial score (nSPS) is 13.4. The number of halogens is 6. The van der Waals surface area contributed by atoms with Crippen LogP contribution in [0.4, 0.5) is 26.3 Å². The predicted molar refractivity (Wildman–Crippen MR) is 116 cm³/mol. The molecule has 0 fully saturated rings. The van der Waals surface area contributed by atoms with E-state index < -0.39 is 45.8 Å². The molecule has 0 aliphatic carbocycles. The lowest BCUT2D eigenvalue weighted by Gasteiger charge is -2.20. The van der Waals surface area contributed by atoms with E-state index in [1.165, 1.54) is 30.5 Å². The molecular weight excluding hydrogens is 492 g/mol. The summed E-state index contributed by atoms with van der Waals surface area (Å²) in [4.78, 5) is 26.8. The van der Waals surface area contributed by atoms with Gasteiger partial charge in [0.25, 0.3) is 0 Å². The average Bonchev–Trinajstić information content (AvgIpc) is 3.28. The van der Waals surface area contributed by atoms with Crippen LogP contribution in [0.5, 0.6) is 0 Å². The van der Waals surface area contributed by atoms with Gasteiger partial charge < -0.3 is 9.88 Å². The molecule has 182 valence electrons. The highest BCUT2D eigenvalue weighted by Crippen LogP contribution is 2.39. The van der Waals surface area contributed by atoms with E-state index in [-0.39, 0.29) is 22.5 Å². The zero-order chi connectivity index (χ0) is 25.8. The van der Waals surface area contributed by atoms with Crippen LogP contribution in [-0.4, -0.2) is 25.3 Å². The number of alkyl halides is 6. The largest absolute Gasteiger partial charge is 0.435 e. The molecule has 4 heterocycles. The van der Waals surface area contributed by atoms with Crippen molar-refractivity contribution in [1.29, 1.82) is 0 Å². The van der Waals surface area contributed by atoms with Crippen molar-refractivity contribution in [2.75, 3.05) is 0 Å². The van der Waals surface area contributed by atoms with Crippen LogP contribution in [0.1, 0.15) is 22.5 Å². The van der Waals surface area contributed by atoms with Gasteiger partial charge in [-0.1, -0.05) is 12.1 Å². The van der Waals surface area contributed by atoms with Crippen molar-refractivity contribution in [3.63, 3.8) is 0 Å². The van der Waals surface area contributed by atoms with Crippen LogP contribution in [0.15, 0.2) is 59.9 Å². The summed E-state index contributed by atoms with van der Waals surface area (Å²) in [6.45, 7) is 0. The van der Waals surface area contributed by atoms with Crippen molar-refractivity contribution in [2.24, 2.45) is 0 Å². The second-order valence-corrected chi connectivity index (χ2v) is 7.58. The maximum absolute atomic E-state index is 14.4. The van der Waals surface area contributed by atoms with Gasteiger partial charge in [0.1, 0.15) is 5.70 Å². The third-order valence-electron chi connectivity index (χ3n) is 5.52. The maximum atomic E-state index is 14.4. The Morgan fingerprint density at radius 1 is 0.972 bits per heavy atom. The van der Waals surface area contributed by atoms with E-state index in [2.05, 4.69) is 15.4 Å². The van der Waals surface area contributed by atoms with Crippen LogP contribution in [-0.2, 0) is 17.1 Å². The van der Waals surface area contributed by atoms with Crippen molar-refractivity contribution in [2.45, 2.75) is 12.4 Å². The fourth-order valence-corrected chi connectivity index (χ4v) is 4.09. The summed E-state index contributed by atoms with van der Waals surface area (Å²) >= 11 is 0. The Bertz CT molecular complexity index is 1670. The number of pyridine rings is 2. The van der Waals surface area contributed by atoms with Crippen LogP contribution in [0.25, 0.3) is 34.1 Å². The van der Waals surface area contributed by atoms with E-state index in [1.54, 1.807) is 5.94 Å². The minimum Gasteiger partial charge on any atom is -0.352 e. The molecule has 0 radical (unpaired) electrons. The maximum Gasteiger partial charge on any atom is 0.435 e. The van der Waals surface area contributed by atoms with E-state index in [4.69, 9.17) is 0 Å². The number of rotatable bonds is 2. The Morgan fingerprint density at radius 2 is 1.75 bits per heavy atom. The number of nitrogens with one attached hydrogen (secondary N) is 1. The topological polar surface area (TPSA) is 81.8 Å². The minimum absolute atomic E-state index is 0.00821. The van der Waals surface area contributed by atoms with Crippen LogP contribution in [0, 0.1) is 0 Å². The number of nitrogens with zero attached hydrogens (tertiary/aromatic N) is 4. The Kier molecular flexibility index (Phi) is 5.11. The summed E-state index contributed by atoms with van der Waals surface area (Å²) in [5.41, 5.74) is -4.43. The molecule has 1 aliphatic heterocycles. The summed E-state index contributed by atoms with van der Waals surface area (Å²) in [6.07, 6.45) is -4.70. The first-order chi connectivity index (χ1) is 17.0. The summed E-state index contributed by atoms with van der Waals surface area (Å²) in [5.74, 6) is 1.68. The molecule has 0 bridgehead atoms. The first-order valence-electron chi connectivity index (χ1n) is 10.1. The van der Waals surface area contributed by atoms with Crippen LogP contribution in [0.2, 0.25) is 0 Å². The van der Waals surface area contributed by atoms with Gasteiger partial charge in [-0.25, -0.2) is 9.48 Å². The molecule has 0 saturated heterocycles. The summed E-state index contributed by atoms with van der Waals surface area (Å²) in [6, 6.07) is 6.02. The fourth-order valence-electron chi connectivity index (χ4n) is 4.09. The lowest BCUT2D eigenvalue weighted by molar-refractivity contribution is -0.143. The van der Waals surface area contributed by atoms with E-state index >= 15 is 0 Å². The van der Waals surface area contributed by atoms with Crippen LogP contribution >= 0.6 is 0 Å². The highest BCUT2D eigenvalue weighted by molar-refractivity contribution is 5.93. The predicted octanol–water partition coefficient (Wildman–Crippen LogP) is 4.36. The fraction of sp³-hybridized carbons (Fsp3) is 0.0870. The number of hydrogen-bond donors (Lipinski definition) is 1.